The lowest BCUT2D eigenvalue weighted by Gasteiger charge is -2.12. The zero-order chi connectivity index (χ0) is 7.98. The largest absolute Gasteiger partial charge is 0.298 e. The first kappa shape index (κ1) is 9.59. The molecule has 0 heterocycles. The Bertz CT molecular complexity index is 104. The fraction of sp³-hybridized carbons (Fsp3) is 0.857. The van der Waals surface area contributed by atoms with Crippen LogP contribution in [0.15, 0.2) is 0 Å². The number of hydrogen-bond donors (Lipinski definition) is 1. The minimum Gasteiger partial charge on any atom is -0.298 e. The van der Waals surface area contributed by atoms with E-state index in [2.05, 4.69) is 0 Å². The van der Waals surface area contributed by atoms with Gasteiger partial charge >= 0.3 is 0 Å². The molecule has 0 amide bonds. The Hall–Kier alpha value is -0.410. The van der Waals surface area contributed by atoms with Gasteiger partial charge in [0.1, 0.15) is 5.78 Å². The topological polar surface area (TPSA) is 46.3 Å². The molecular weight excluding hydrogens is 128 g/mol. The second-order valence-electron chi connectivity index (χ2n) is 2.36. The minimum absolute atomic E-state index is 0.205. The Morgan fingerprint density at radius 2 is 2.10 bits per heavy atom. The number of hydrogen-bond acceptors (Lipinski definition) is 3. The van der Waals surface area contributed by atoms with E-state index in [0.717, 1.165) is 13.0 Å². The molecule has 3 heteroatoms. The highest BCUT2D eigenvalue weighted by Crippen LogP contribution is 1.86. The summed E-state index contributed by atoms with van der Waals surface area (Å²) >= 11 is 0. The van der Waals surface area contributed by atoms with Crippen molar-refractivity contribution in [3.8, 4) is 0 Å². The van der Waals surface area contributed by atoms with Crippen LogP contribution in [0.1, 0.15) is 26.7 Å². The lowest BCUT2D eigenvalue weighted by Crippen LogP contribution is -2.36. The van der Waals surface area contributed by atoms with Crippen LogP contribution in [-0.4, -0.2) is 23.9 Å². The first-order valence-electron chi connectivity index (χ1n) is 3.72. The predicted molar refractivity (Wildman–Crippen MR) is 41.3 cm³/mol. The quantitative estimate of drug-likeness (QED) is 0.453. The van der Waals surface area contributed by atoms with Crippen molar-refractivity contribution in [3.63, 3.8) is 0 Å². The molecule has 0 spiro atoms. The molecule has 0 aromatic rings. The number of rotatable bonds is 5. The van der Waals surface area contributed by atoms with Crippen LogP contribution in [0.4, 0.5) is 0 Å². The van der Waals surface area contributed by atoms with E-state index in [1.807, 2.05) is 13.8 Å². The molecule has 0 aliphatic rings. The van der Waals surface area contributed by atoms with E-state index >= 15 is 0 Å². The van der Waals surface area contributed by atoms with Gasteiger partial charge in [-0.15, -0.1) is 0 Å². The first-order chi connectivity index (χ1) is 4.70. The van der Waals surface area contributed by atoms with Gasteiger partial charge in [0.25, 0.3) is 0 Å². The molecule has 0 rings (SSSR count). The summed E-state index contributed by atoms with van der Waals surface area (Å²) in [7, 11) is 0. The third-order valence-electron chi connectivity index (χ3n) is 1.28. The SMILES string of the molecule is CCCN(N)CC(=O)CC. The lowest BCUT2D eigenvalue weighted by molar-refractivity contribution is -0.119. The van der Waals surface area contributed by atoms with E-state index in [9.17, 15) is 4.79 Å². The van der Waals surface area contributed by atoms with Gasteiger partial charge in [-0.2, -0.15) is 0 Å². The number of nitrogens with two attached hydrogens (primary N) is 1. The molecule has 0 aromatic heterocycles. The van der Waals surface area contributed by atoms with Crippen LogP contribution in [-0.2, 0) is 4.79 Å². The molecule has 0 radical (unpaired) electrons. The summed E-state index contributed by atoms with van der Waals surface area (Å²) in [6.45, 7) is 5.08. The maximum atomic E-state index is 10.8. The van der Waals surface area contributed by atoms with Gasteiger partial charge in [-0.1, -0.05) is 13.8 Å². The molecule has 0 saturated heterocycles. The van der Waals surface area contributed by atoms with Crippen LogP contribution >= 0.6 is 0 Å². The molecule has 60 valence electrons. The van der Waals surface area contributed by atoms with E-state index in [1.54, 1.807) is 5.01 Å². The summed E-state index contributed by atoms with van der Waals surface area (Å²) in [5, 5.41) is 1.56. The predicted octanol–water partition coefficient (Wildman–Crippen LogP) is 0.551. The zero-order valence-electron chi connectivity index (χ0n) is 6.76. The van der Waals surface area contributed by atoms with Crippen molar-refractivity contribution in [1.82, 2.24) is 5.01 Å². The summed E-state index contributed by atoms with van der Waals surface area (Å²) in [5.74, 6) is 5.68. The zero-order valence-corrected chi connectivity index (χ0v) is 6.76. The molecule has 0 bridgehead atoms. The molecule has 0 aliphatic carbocycles. The number of carbonyl (C=O) groups is 1. The van der Waals surface area contributed by atoms with Crippen molar-refractivity contribution >= 4 is 5.78 Å². The molecule has 0 unspecified atom stereocenters. The van der Waals surface area contributed by atoms with Crippen molar-refractivity contribution < 1.29 is 4.79 Å². The highest BCUT2D eigenvalue weighted by atomic mass is 16.1. The van der Waals surface area contributed by atoms with E-state index in [4.69, 9.17) is 5.84 Å². The van der Waals surface area contributed by atoms with E-state index in [-0.39, 0.29) is 5.78 Å². The monoisotopic (exact) mass is 144 g/mol. The maximum absolute atomic E-state index is 10.8. The van der Waals surface area contributed by atoms with Crippen molar-refractivity contribution in [2.75, 3.05) is 13.1 Å². The standard InChI is InChI=1S/C7H16N2O/c1-3-5-9(8)6-7(10)4-2/h3-6,8H2,1-2H3. The average molecular weight is 144 g/mol. The summed E-state index contributed by atoms with van der Waals surface area (Å²) in [6, 6.07) is 0. The van der Waals surface area contributed by atoms with E-state index in [0.29, 0.717) is 13.0 Å². The van der Waals surface area contributed by atoms with Crippen LogP contribution in [0.5, 0.6) is 0 Å². The summed E-state index contributed by atoms with van der Waals surface area (Å²) in [4.78, 5) is 10.8. The fourth-order valence-corrected chi connectivity index (χ4v) is 0.705. The van der Waals surface area contributed by atoms with Gasteiger partial charge in [0.15, 0.2) is 0 Å². The molecule has 0 atom stereocenters. The van der Waals surface area contributed by atoms with Gasteiger partial charge in [-0.25, -0.2) is 5.01 Å². The molecule has 3 nitrogen and oxygen atoms in total. The van der Waals surface area contributed by atoms with Crippen molar-refractivity contribution in [2.24, 2.45) is 5.84 Å². The normalized spacial score (nSPS) is 10.4. The third kappa shape index (κ3) is 4.47. The highest BCUT2D eigenvalue weighted by molar-refractivity contribution is 5.79. The Kier molecular flexibility index (Phi) is 5.16. The van der Waals surface area contributed by atoms with Gasteiger partial charge in [-0.05, 0) is 6.42 Å². The van der Waals surface area contributed by atoms with Gasteiger partial charge in [0.2, 0.25) is 0 Å². The highest BCUT2D eigenvalue weighted by Gasteiger charge is 2.02. The Balaban J connectivity index is 3.37. The molecule has 0 aliphatic heterocycles. The number of ketones is 1. The molecule has 0 saturated carbocycles. The second-order valence-corrected chi connectivity index (χ2v) is 2.36. The Morgan fingerprint density at radius 1 is 1.50 bits per heavy atom. The molecule has 0 aromatic carbocycles. The molecule has 0 fully saturated rings. The maximum Gasteiger partial charge on any atom is 0.148 e. The third-order valence-corrected chi connectivity index (χ3v) is 1.28. The number of carbonyl (C=O) groups excluding carboxylic acids is 1. The summed E-state index contributed by atoms with van der Waals surface area (Å²) in [5.41, 5.74) is 0. The number of hydrazine groups is 1. The number of nitrogens with zero attached hydrogens (tertiary/aromatic N) is 1. The van der Waals surface area contributed by atoms with Crippen LogP contribution in [0.2, 0.25) is 0 Å². The van der Waals surface area contributed by atoms with Crippen molar-refractivity contribution in [3.05, 3.63) is 0 Å². The first-order valence-corrected chi connectivity index (χ1v) is 3.72. The van der Waals surface area contributed by atoms with Gasteiger partial charge < -0.3 is 0 Å². The van der Waals surface area contributed by atoms with E-state index in [1.165, 1.54) is 0 Å². The van der Waals surface area contributed by atoms with Crippen LogP contribution in [0.25, 0.3) is 0 Å². The van der Waals surface area contributed by atoms with Crippen molar-refractivity contribution in [2.45, 2.75) is 26.7 Å². The van der Waals surface area contributed by atoms with E-state index < -0.39 is 0 Å². The number of Topliss-reactive ketones (excluding diaryl/α,β-unsaturated/α-hetero) is 1. The second kappa shape index (κ2) is 5.38. The van der Waals surface area contributed by atoms with Crippen molar-refractivity contribution in [1.29, 1.82) is 0 Å². The van der Waals surface area contributed by atoms with Gasteiger partial charge in [-0.3, -0.25) is 10.6 Å². The molecular formula is C7H16N2O. The fourth-order valence-electron chi connectivity index (χ4n) is 0.705. The summed E-state index contributed by atoms with van der Waals surface area (Å²) in [6.07, 6.45) is 1.57. The Morgan fingerprint density at radius 3 is 2.50 bits per heavy atom. The van der Waals surface area contributed by atoms with Crippen LogP contribution in [0, 0.1) is 0 Å². The van der Waals surface area contributed by atoms with Gasteiger partial charge in [0.05, 0.1) is 6.54 Å². The smallest absolute Gasteiger partial charge is 0.148 e. The molecule has 10 heavy (non-hydrogen) atoms. The summed E-state index contributed by atoms with van der Waals surface area (Å²) < 4.78 is 0. The Labute approximate surface area is 62.2 Å². The lowest BCUT2D eigenvalue weighted by atomic mass is 10.3. The minimum atomic E-state index is 0.205. The van der Waals surface area contributed by atoms with Gasteiger partial charge in [0, 0.05) is 13.0 Å². The molecule has 2 N–H and O–H groups in total. The van der Waals surface area contributed by atoms with Crippen LogP contribution < -0.4 is 5.84 Å². The average Bonchev–Trinajstić information content (AvgIpc) is 1.88. The van der Waals surface area contributed by atoms with Crippen LogP contribution in [0.3, 0.4) is 0 Å².